The molecule has 11 nitrogen and oxygen atoms in total. The third-order valence-corrected chi connectivity index (χ3v) is 5.07. The number of fused-ring (bicyclic) bond motifs is 1. The number of rotatable bonds is 8. The van der Waals surface area contributed by atoms with Crippen LogP contribution >= 0.6 is 0 Å². The van der Waals surface area contributed by atoms with Gasteiger partial charge < -0.3 is 15.3 Å². The zero-order valence-corrected chi connectivity index (χ0v) is 16.8. The first-order valence-corrected chi connectivity index (χ1v) is 9.82. The highest BCUT2D eigenvalue weighted by atomic mass is 16.4. The summed E-state index contributed by atoms with van der Waals surface area (Å²) >= 11 is 0. The molecule has 0 saturated carbocycles. The van der Waals surface area contributed by atoms with Gasteiger partial charge in [-0.15, -0.1) is 0 Å². The highest BCUT2D eigenvalue weighted by Gasteiger charge is 2.45. The van der Waals surface area contributed by atoms with Crippen molar-refractivity contribution in [1.29, 1.82) is 0 Å². The number of hydrogen-bond donors (Lipinski definition) is 3. The van der Waals surface area contributed by atoms with E-state index in [9.17, 15) is 28.8 Å². The van der Waals surface area contributed by atoms with Gasteiger partial charge >= 0.3 is 5.97 Å². The first kappa shape index (κ1) is 21.9. The maximum absolute atomic E-state index is 13.0. The van der Waals surface area contributed by atoms with Crippen LogP contribution in [-0.4, -0.2) is 76.1 Å². The van der Waals surface area contributed by atoms with Crippen molar-refractivity contribution >= 4 is 41.2 Å². The highest BCUT2D eigenvalue weighted by molar-refractivity contribution is 6.25. The Labute approximate surface area is 177 Å². The van der Waals surface area contributed by atoms with Gasteiger partial charge in [-0.3, -0.25) is 39.0 Å². The number of nitrogens with zero attached hydrogens (tertiary/aromatic N) is 2. The minimum Gasteiger partial charge on any atom is -0.480 e. The molecule has 0 spiro atoms. The van der Waals surface area contributed by atoms with Gasteiger partial charge in [0.1, 0.15) is 12.6 Å². The van der Waals surface area contributed by atoms with E-state index in [1.807, 2.05) is 6.92 Å². The fourth-order valence-electron chi connectivity index (χ4n) is 3.67. The van der Waals surface area contributed by atoms with Gasteiger partial charge in [0.15, 0.2) is 0 Å². The fourth-order valence-corrected chi connectivity index (χ4v) is 3.67. The van der Waals surface area contributed by atoms with E-state index in [1.54, 1.807) is 0 Å². The molecular formula is C20H22N4O7. The third kappa shape index (κ3) is 4.39. The minimum atomic E-state index is -1.14. The standard InChI is InChI=1S/C20H22N4O7/c1-2-8-23(10-16(27)28)15(26)9-21-12-5-3-4-11-17(12)20(31)24(19(11)30)13-6-7-14(25)22-18(13)29/h3-5,13,21H,2,6-10H2,1H3,(H,27,28)(H,22,25,29). The molecule has 1 fully saturated rings. The van der Waals surface area contributed by atoms with Crippen LogP contribution in [0.15, 0.2) is 18.2 Å². The monoisotopic (exact) mass is 430 g/mol. The lowest BCUT2D eigenvalue weighted by Crippen LogP contribution is -2.54. The summed E-state index contributed by atoms with van der Waals surface area (Å²) in [7, 11) is 0. The summed E-state index contributed by atoms with van der Waals surface area (Å²) in [6.07, 6.45) is 0.631. The lowest BCUT2D eigenvalue weighted by atomic mass is 10.0. The van der Waals surface area contributed by atoms with Crippen LogP contribution in [0.25, 0.3) is 0 Å². The van der Waals surface area contributed by atoms with Crippen molar-refractivity contribution in [2.75, 3.05) is 25.0 Å². The minimum absolute atomic E-state index is 0.0141. The number of benzene rings is 1. The van der Waals surface area contributed by atoms with Crippen molar-refractivity contribution < 1.29 is 33.9 Å². The Kier molecular flexibility index (Phi) is 6.33. The Morgan fingerprint density at radius 1 is 1.23 bits per heavy atom. The molecule has 1 unspecified atom stereocenters. The Morgan fingerprint density at radius 3 is 2.61 bits per heavy atom. The molecule has 164 valence electrons. The predicted octanol–water partition coefficient (Wildman–Crippen LogP) is -0.177. The number of carbonyl (C=O) groups excluding carboxylic acids is 5. The fraction of sp³-hybridized carbons (Fsp3) is 0.400. The van der Waals surface area contributed by atoms with E-state index in [0.717, 1.165) is 4.90 Å². The van der Waals surface area contributed by atoms with Crippen molar-refractivity contribution in [3.63, 3.8) is 0 Å². The molecule has 2 heterocycles. The second kappa shape index (κ2) is 8.94. The van der Waals surface area contributed by atoms with Gasteiger partial charge in [-0.25, -0.2) is 0 Å². The van der Waals surface area contributed by atoms with Crippen LogP contribution in [0.5, 0.6) is 0 Å². The number of imide groups is 2. The Morgan fingerprint density at radius 2 is 1.97 bits per heavy atom. The summed E-state index contributed by atoms with van der Waals surface area (Å²) in [6, 6.07) is 3.41. The number of piperidine rings is 1. The molecule has 2 aliphatic rings. The van der Waals surface area contributed by atoms with Gasteiger partial charge in [-0.2, -0.15) is 0 Å². The van der Waals surface area contributed by atoms with Gasteiger partial charge in [0, 0.05) is 18.7 Å². The molecule has 1 atom stereocenters. The van der Waals surface area contributed by atoms with Gasteiger partial charge in [0.25, 0.3) is 11.8 Å². The average molecular weight is 430 g/mol. The zero-order chi connectivity index (χ0) is 22.7. The maximum atomic E-state index is 13.0. The van der Waals surface area contributed by atoms with Crippen LogP contribution in [-0.2, 0) is 19.2 Å². The van der Waals surface area contributed by atoms with Crippen LogP contribution in [0.1, 0.15) is 46.9 Å². The van der Waals surface area contributed by atoms with E-state index in [0.29, 0.717) is 6.42 Å². The number of nitrogens with one attached hydrogen (secondary N) is 2. The number of amides is 5. The van der Waals surface area contributed by atoms with Crippen molar-refractivity contribution in [2.45, 2.75) is 32.2 Å². The smallest absolute Gasteiger partial charge is 0.323 e. The number of aliphatic carboxylic acids is 1. The van der Waals surface area contributed by atoms with E-state index in [-0.39, 0.29) is 42.7 Å². The third-order valence-electron chi connectivity index (χ3n) is 5.07. The summed E-state index contributed by atoms with van der Waals surface area (Å²) in [4.78, 5) is 74.8. The second-order valence-electron chi connectivity index (χ2n) is 7.24. The SMILES string of the molecule is CCCN(CC(=O)O)C(=O)CNc1cccc2c1C(=O)N(C1CCC(=O)NC1=O)C2=O. The molecule has 1 aromatic carbocycles. The predicted molar refractivity (Wildman–Crippen MR) is 106 cm³/mol. The molecule has 0 bridgehead atoms. The molecule has 2 aliphatic heterocycles. The zero-order valence-electron chi connectivity index (χ0n) is 16.8. The molecule has 3 N–H and O–H groups in total. The topological polar surface area (TPSA) is 153 Å². The summed E-state index contributed by atoms with van der Waals surface area (Å²) < 4.78 is 0. The number of hydrogen-bond acceptors (Lipinski definition) is 7. The average Bonchev–Trinajstić information content (AvgIpc) is 2.97. The molecule has 3 rings (SSSR count). The van der Waals surface area contributed by atoms with E-state index < -0.39 is 48.1 Å². The van der Waals surface area contributed by atoms with E-state index >= 15 is 0 Å². The molecule has 0 aromatic heterocycles. The number of carbonyl (C=O) groups is 6. The van der Waals surface area contributed by atoms with Crippen molar-refractivity contribution in [3.8, 4) is 0 Å². The van der Waals surface area contributed by atoms with Gasteiger partial charge in [-0.05, 0) is 25.0 Å². The van der Waals surface area contributed by atoms with Crippen molar-refractivity contribution in [2.24, 2.45) is 0 Å². The molecule has 31 heavy (non-hydrogen) atoms. The lowest BCUT2D eigenvalue weighted by Gasteiger charge is -2.27. The van der Waals surface area contributed by atoms with E-state index in [1.165, 1.54) is 23.1 Å². The summed E-state index contributed by atoms with van der Waals surface area (Å²) in [5, 5.41) is 13.9. The first-order chi connectivity index (χ1) is 14.7. The number of anilines is 1. The van der Waals surface area contributed by atoms with E-state index in [2.05, 4.69) is 10.6 Å². The van der Waals surface area contributed by atoms with Crippen LogP contribution < -0.4 is 10.6 Å². The summed E-state index contributed by atoms with van der Waals surface area (Å²) in [6.45, 7) is 1.36. The van der Waals surface area contributed by atoms with Gasteiger partial charge in [0.2, 0.25) is 17.7 Å². The first-order valence-electron chi connectivity index (χ1n) is 9.82. The Balaban J connectivity index is 1.79. The summed E-state index contributed by atoms with van der Waals surface area (Å²) in [5.74, 6) is -4.12. The van der Waals surface area contributed by atoms with Crippen molar-refractivity contribution in [1.82, 2.24) is 15.1 Å². The van der Waals surface area contributed by atoms with Crippen LogP contribution in [0, 0.1) is 0 Å². The molecule has 11 heteroatoms. The second-order valence-corrected chi connectivity index (χ2v) is 7.24. The van der Waals surface area contributed by atoms with E-state index in [4.69, 9.17) is 5.11 Å². The number of carboxylic acids is 1. The molecule has 0 aliphatic carbocycles. The molecule has 5 amide bonds. The van der Waals surface area contributed by atoms with Crippen LogP contribution in [0.2, 0.25) is 0 Å². The highest BCUT2D eigenvalue weighted by Crippen LogP contribution is 2.32. The molecule has 0 radical (unpaired) electrons. The van der Waals surface area contributed by atoms with Crippen LogP contribution in [0.3, 0.4) is 0 Å². The van der Waals surface area contributed by atoms with Gasteiger partial charge in [0.05, 0.1) is 17.7 Å². The maximum Gasteiger partial charge on any atom is 0.323 e. The Hall–Kier alpha value is -3.76. The normalized spacial score (nSPS) is 18.0. The molecule has 1 aromatic rings. The molecule has 1 saturated heterocycles. The Bertz CT molecular complexity index is 974. The summed E-state index contributed by atoms with van der Waals surface area (Å²) in [5.41, 5.74) is 0.346. The molecular weight excluding hydrogens is 408 g/mol. The van der Waals surface area contributed by atoms with Crippen LogP contribution in [0.4, 0.5) is 5.69 Å². The largest absolute Gasteiger partial charge is 0.480 e. The number of carboxylic acid groups (broad SMARTS) is 1. The van der Waals surface area contributed by atoms with Gasteiger partial charge in [-0.1, -0.05) is 13.0 Å². The lowest BCUT2D eigenvalue weighted by molar-refractivity contribution is -0.143. The quantitative estimate of drug-likeness (QED) is 0.480. The van der Waals surface area contributed by atoms with Crippen molar-refractivity contribution in [3.05, 3.63) is 29.3 Å².